The van der Waals surface area contributed by atoms with Crippen molar-refractivity contribution in [1.82, 2.24) is 0 Å². The number of halogens is 2. The zero-order chi connectivity index (χ0) is 30.0. The predicted octanol–water partition coefficient (Wildman–Crippen LogP) is 4.51. The molecule has 0 aromatic heterocycles. The van der Waals surface area contributed by atoms with E-state index in [4.69, 9.17) is 0 Å². The molecule has 0 nitrogen and oxygen atoms in total. The van der Waals surface area contributed by atoms with Crippen LogP contribution in [0.25, 0.3) is 33.4 Å². The molecular weight excluding hydrogens is 635 g/mol. The molecule has 224 valence electrons. The first-order chi connectivity index (χ1) is 21.8. The largest absolute Gasteiger partial charge is 0.179 e. The molecule has 0 saturated carbocycles. The third-order valence-corrected chi connectivity index (χ3v) is 8.67. The summed E-state index contributed by atoms with van der Waals surface area (Å²) >= 11 is 2.19. The van der Waals surface area contributed by atoms with Crippen LogP contribution in [0.5, 0.6) is 0 Å². The number of hydrogen-bond acceptors (Lipinski definition) is 0. The van der Waals surface area contributed by atoms with Crippen LogP contribution in [0, 0.1) is 12.1 Å². The molecule has 0 atom stereocenters. The standard InChI is InChI=1S/C25H18.C13H9.C5H5.2ClH.Ti/c1-3-7-22(8-4-1)24-15-11-20(12-16-24)19-21-13-17-25(18-14-21)23-9-5-2-6-10-23;1-3-7-12-10(5-1)9-11-6-2-4-8-13(11)12;1-2-4-5-3-1;;;/h1-18H;1-5,7-8H,9H2;1-3H,4H2;2*1H;/q;2*-1;;;+2/p-2. The van der Waals surface area contributed by atoms with Gasteiger partial charge < -0.3 is 24.8 Å². The van der Waals surface area contributed by atoms with Gasteiger partial charge in [-0.05, 0) is 6.42 Å². The van der Waals surface area contributed by atoms with Crippen molar-refractivity contribution >= 4 is 3.81 Å². The summed E-state index contributed by atoms with van der Waals surface area (Å²) in [6.45, 7) is 0. The van der Waals surface area contributed by atoms with Crippen LogP contribution >= 0.6 is 0 Å². The molecule has 3 heteroatoms. The van der Waals surface area contributed by atoms with E-state index in [1.165, 1.54) is 59.4 Å². The third kappa shape index (κ3) is 8.82. The number of rotatable bonds is 4. The van der Waals surface area contributed by atoms with Crippen LogP contribution in [0.4, 0.5) is 0 Å². The van der Waals surface area contributed by atoms with E-state index in [0.717, 1.165) is 12.8 Å². The Kier molecular flexibility index (Phi) is 13.3. The van der Waals surface area contributed by atoms with Crippen LogP contribution < -0.4 is 24.8 Å². The Morgan fingerprint density at radius 2 is 1.02 bits per heavy atom. The molecule has 0 bridgehead atoms. The minimum Gasteiger partial charge on any atom is -0.179 e. The van der Waals surface area contributed by atoms with Crippen LogP contribution in [0.15, 0.2) is 170 Å². The Bertz CT molecular complexity index is 1750. The Morgan fingerprint density at radius 1 is 0.522 bits per heavy atom. The molecule has 0 spiro atoms. The van der Waals surface area contributed by atoms with Crippen molar-refractivity contribution < 1.29 is 44.8 Å². The molecule has 0 radical (unpaired) electrons. The van der Waals surface area contributed by atoms with Gasteiger partial charge in [0.2, 0.25) is 0 Å². The molecule has 0 amide bonds. The van der Waals surface area contributed by atoms with Crippen LogP contribution in [-0.4, -0.2) is 3.81 Å². The fourth-order valence-electron chi connectivity index (χ4n) is 5.42. The molecule has 2 aliphatic carbocycles. The summed E-state index contributed by atoms with van der Waals surface area (Å²) in [6, 6.07) is 56.8. The van der Waals surface area contributed by atoms with Crippen LogP contribution in [0.2, 0.25) is 0 Å². The summed E-state index contributed by atoms with van der Waals surface area (Å²) in [5.41, 5.74) is 13.0. The second-order valence-electron chi connectivity index (χ2n) is 10.7. The number of fused-ring (bicyclic) bond motifs is 3. The first-order valence-corrected chi connectivity index (χ1v) is 15.7. The fraction of sp³-hybridized carbons (Fsp3) is 0.0465. The molecule has 0 heterocycles. The van der Waals surface area contributed by atoms with Crippen molar-refractivity contribution in [2.45, 2.75) is 12.8 Å². The second-order valence-corrected chi connectivity index (χ2v) is 11.4. The van der Waals surface area contributed by atoms with Gasteiger partial charge in [0, 0.05) is 0 Å². The Morgan fingerprint density at radius 3 is 1.52 bits per heavy atom. The number of benzene rings is 6. The van der Waals surface area contributed by atoms with Gasteiger partial charge in [-0.25, -0.2) is 12.2 Å². The maximum Gasteiger partial charge on any atom is -0.0253 e. The quantitative estimate of drug-likeness (QED) is 0.192. The number of allylic oxidation sites excluding steroid dienone is 4. The van der Waals surface area contributed by atoms with Gasteiger partial charge in [-0.2, -0.15) is 35.9 Å². The first kappa shape index (κ1) is 34.8. The maximum atomic E-state index is 3.30. The third-order valence-electron chi connectivity index (χ3n) is 7.76. The van der Waals surface area contributed by atoms with Crippen molar-refractivity contribution in [1.29, 1.82) is 0 Å². The van der Waals surface area contributed by atoms with E-state index in [-0.39, 0.29) is 24.8 Å². The van der Waals surface area contributed by atoms with Crippen molar-refractivity contribution in [2.24, 2.45) is 0 Å². The Balaban J connectivity index is 0.000000199. The Labute approximate surface area is 297 Å². The van der Waals surface area contributed by atoms with E-state index in [0.29, 0.717) is 0 Å². The van der Waals surface area contributed by atoms with Crippen LogP contribution in [0.1, 0.15) is 28.7 Å². The van der Waals surface area contributed by atoms with E-state index in [2.05, 4.69) is 184 Å². The zero-order valence-corrected chi connectivity index (χ0v) is 28.4. The maximum absolute atomic E-state index is 3.30. The summed E-state index contributed by atoms with van der Waals surface area (Å²) in [7, 11) is 0. The number of hydrogen-bond donors (Lipinski definition) is 0. The van der Waals surface area contributed by atoms with Crippen molar-refractivity contribution in [3.8, 4) is 33.4 Å². The molecule has 0 N–H and O–H groups in total. The van der Waals surface area contributed by atoms with Gasteiger partial charge >= 0.3 is 166 Å². The second kappa shape index (κ2) is 17.6. The monoisotopic (exact) mass is 666 g/mol. The first-order valence-electron chi connectivity index (χ1n) is 15.0. The smallest absolute Gasteiger partial charge is 0.0253 e. The molecule has 8 rings (SSSR count). The van der Waals surface area contributed by atoms with Gasteiger partial charge in [0.25, 0.3) is 0 Å². The van der Waals surface area contributed by atoms with E-state index in [1.807, 2.05) is 18.2 Å². The molecule has 2 aliphatic rings. The minimum atomic E-state index is 0. The van der Waals surface area contributed by atoms with Crippen LogP contribution in [-0.2, 0) is 26.4 Å². The van der Waals surface area contributed by atoms with Gasteiger partial charge in [-0.15, -0.1) is 12.0 Å². The summed E-state index contributed by atoms with van der Waals surface area (Å²) in [5.74, 6) is 0. The molecule has 0 fully saturated rings. The van der Waals surface area contributed by atoms with Crippen molar-refractivity contribution in [2.75, 3.05) is 0 Å². The fourth-order valence-corrected chi connectivity index (χ4v) is 5.94. The summed E-state index contributed by atoms with van der Waals surface area (Å²) in [4.78, 5) is 0. The predicted molar refractivity (Wildman–Crippen MR) is 182 cm³/mol. The van der Waals surface area contributed by atoms with Gasteiger partial charge in [-0.3, -0.25) is 6.08 Å². The van der Waals surface area contributed by atoms with Gasteiger partial charge in [0.1, 0.15) is 0 Å². The topological polar surface area (TPSA) is 0 Å². The summed E-state index contributed by atoms with van der Waals surface area (Å²) in [5, 5.41) is 0. The zero-order valence-electron chi connectivity index (χ0n) is 25.3. The van der Waals surface area contributed by atoms with Gasteiger partial charge in [-0.1, -0.05) is 35.4 Å². The van der Waals surface area contributed by atoms with Gasteiger partial charge in [0.05, 0.1) is 0 Å². The molecule has 0 unspecified atom stereocenters. The average Bonchev–Trinajstić information content (AvgIpc) is 3.82. The normalized spacial score (nSPS) is 11.3. The summed E-state index contributed by atoms with van der Waals surface area (Å²) in [6.07, 6.45) is 11.0. The van der Waals surface area contributed by atoms with E-state index in [1.54, 1.807) is 0 Å². The Hall–Kier alpha value is -4.04. The molecule has 46 heavy (non-hydrogen) atoms. The molecule has 6 aromatic carbocycles. The average molecular weight is 668 g/mol. The molecule has 0 saturated heterocycles. The van der Waals surface area contributed by atoms with Crippen molar-refractivity contribution in [3.05, 3.63) is 204 Å². The molecule has 6 aromatic rings. The molecular formula is C43H32Cl2Ti-2. The van der Waals surface area contributed by atoms with E-state index in [9.17, 15) is 0 Å². The van der Waals surface area contributed by atoms with E-state index >= 15 is 0 Å². The minimum absolute atomic E-state index is 0. The molecule has 0 aliphatic heterocycles. The van der Waals surface area contributed by atoms with Crippen molar-refractivity contribution in [3.63, 3.8) is 0 Å². The summed E-state index contributed by atoms with van der Waals surface area (Å²) < 4.78 is 1.30. The van der Waals surface area contributed by atoms with Crippen LogP contribution in [0.3, 0.4) is 0 Å². The van der Waals surface area contributed by atoms with Gasteiger partial charge in [0.15, 0.2) is 0 Å². The van der Waals surface area contributed by atoms with E-state index < -0.39 is 0 Å². The SMILES string of the molecule is [C-]1=CC=CC1.[Cl-].[Cl-].[Ti+2]=[C](c1ccc(-c2ccccc2)cc1)c1ccc(-c2ccccc2)cc1.[c-]1cccc2c1Cc1ccccc1-2.